The molecule has 1 aliphatic heterocycles. The second kappa shape index (κ2) is 13.3. The van der Waals surface area contributed by atoms with Crippen molar-refractivity contribution in [2.75, 3.05) is 19.7 Å². The van der Waals surface area contributed by atoms with E-state index in [0.29, 0.717) is 35.2 Å². The minimum absolute atomic E-state index is 0.187. The molecule has 11 nitrogen and oxygen atoms in total. The van der Waals surface area contributed by atoms with Crippen molar-refractivity contribution in [2.24, 2.45) is 40.4 Å². The Bertz CT molecular complexity index is 1080. The summed E-state index contributed by atoms with van der Waals surface area (Å²) in [4.78, 5) is 45.5. The second-order valence-corrected chi connectivity index (χ2v) is 14.9. The molecule has 4 saturated carbocycles. The average molecular weight is 624 g/mol. The molecule has 5 N–H and O–H groups in total. The lowest BCUT2D eigenvalue weighted by Crippen LogP contribution is -2.61. The fourth-order valence-corrected chi connectivity index (χ4v) is 10.3. The van der Waals surface area contributed by atoms with Crippen LogP contribution >= 0.6 is 0 Å². The van der Waals surface area contributed by atoms with Crippen LogP contribution in [0.25, 0.3) is 0 Å². The number of Topliss-reactive ketones (excluding diaryl/α,β-unsaturated/α-hetero) is 1. The Hall–Kier alpha value is -2.08. The molecule has 5 aliphatic rings. The van der Waals surface area contributed by atoms with Crippen LogP contribution in [-0.2, 0) is 23.9 Å². The summed E-state index contributed by atoms with van der Waals surface area (Å²) in [6, 6.07) is 0.291. The molecule has 0 bridgehead atoms. The second-order valence-electron chi connectivity index (χ2n) is 14.9. The Labute approximate surface area is 260 Å². The van der Waals surface area contributed by atoms with E-state index >= 15 is 0 Å². The van der Waals surface area contributed by atoms with Crippen LogP contribution in [0.4, 0.5) is 0 Å². The Morgan fingerprint density at radius 2 is 1.57 bits per heavy atom. The van der Waals surface area contributed by atoms with E-state index in [-0.39, 0.29) is 11.5 Å². The van der Waals surface area contributed by atoms with Gasteiger partial charge in [-0.2, -0.15) is 0 Å². The maximum atomic E-state index is 12.4. The van der Waals surface area contributed by atoms with Gasteiger partial charge in [-0.25, -0.2) is 4.79 Å². The lowest BCUT2D eigenvalue weighted by Gasteiger charge is -2.62. The van der Waals surface area contributed by atoms with Crippen molar-refractivity contribution in [2.45, 2.75) is 122 Å². The van der Waals surface area contributed by atoms with Crippen LogP contribution in [-0.4, -0.2) is 97.7 Å². The number of carboxylic acid groups (broad SMARTS) is 3. The number of rotatable bonds is 8. The van der Waals surface area contributed by atoms with Crippen LogP contribution < -0.4 is 0 Å². The first kappa shape index (κ1) is 34.8. The largest absolute Gasteiger partial charge is 0.481 e. The van der Waals surface area contributed by atoms with E-state index in [1.54, 1.807) is 0 Å². The first-order valence-electron chi connectivity index (χ1n) is 16.5. The number of hydrogen-bond acceptors (Lipinski definition) is 8. The number of carbonyl (C=O) groups is 4. The predicted molar refractivity (Wildman–Crippen MR) is 160 cm³/mol. The highest BCUT2D eigenvalue weighted by Gasteiger charge is 2.62. The maximum absolute atomic E-state index is 12.4. The van der Waals surface area contributed by atoms with Gasteiger partial charge in [-0.15, -0.1) is 0 Å². The lowest BCUT2D eigenvalue weighted by molar-refractivity contribution is -0.170. The molecule has 0 radical (unpaired) electrons. The highest BCUT2D eigenvalue weighted by atomic mass is 16.5. The molecule has 0 spiro atoms. The Balaban J connectivity index is 0.000000289. The third-order valence-corrected chi connectivity index (χ3v) is 12.6. The summed E-state index contributed by atoms with van der Waals surface area (Å²) in [6.45, 7) is 11.8. The lowest BCUT2D eigenvalue weighted by atomic mass is 9.44. The van der Waals surface area contributed by atoms with Crippen LogP contribution in [0.2, 0.25) is 0 Å². The number of morpholine rings is 1. The Morgan fingerprint density at radius 3 is 2.14 bits per heavy atom. The predicted octanol–water partition coefficient (Wildman–Crippen LogP) is 3.44. The highest BCUT2D eigenvalue weighted by molar-refractivity contribution is 5.88. The van der Waals surface area contributed by atoms with Crippen LogP contribution in [0, 0.1) is 40.4 Å². The van der Waals surface area contributed by atoms with Crippen molar-refractivity contribution in [1.29, 1.82) is 0 Å². The molecule has 4 aliphatic carbocycles. The van der Waals surface area contributed by atoms with Crippen LogP contribution in [0.15, 0.2) is 0 Å². The molecule has 1 heterocycles. The minimum atomic E-state index is -2.74. The summed E-state index contributed by atoms with van der Waals surface area (Å²) in [6.07, 6.45) is 8.53. The number of aliphatic carboxylic acids is 3. The zero-order valence-electron chi connectivity index (χ0n) is 26.7. The van der Waals surface area contributed by atoms with Crippen molar-refractivity contribution >= 4 is 23.7 Å². The molecule has 44 heavy (non-hydrogen) atoms. The number of carboxylic acids is 3. The molecule has 5 fully saturated rings. The summed E-state index contributed by atoms with van der Waals surface area (Å²) in [5.74, 6) is -1.34. The first-order valence-corrected chi connectivity index (χ1v) is 16.5. The third-order valence-electron chi connectivity index (χ3n) is 12.6. The van der Waals surface area contributed by atoms with Gasteiger partial charge < -0.3 is 30.3 Å². The van der Waals surface area contributed by atoms with E-state index in [1.807, 2.05) is 6.92 Å². The smallest absolute Gasteiger partial charge is 0.336 e. The SMILES string of the molecule is CC[C@H]1CN([C@H]2C[C@@]3(C)[C@@H](CC[C@@H]4[C@@H]3CC[C@]3(C)[C@@H](C(C)=O)CC[C@@H]43)C[C@@H]2O)CCO1.O=C(O)CC(O)(CC(=O)O)C(=O)O. The number of aliphatic hydroxyl groups excluding tert-OH is 1. The summed E-state index contributed by atoms with van der Waals surface area (Å²) < 4.78 is 5.94. The van der Waals surface area contributed by atoms with Gasteiger partial charge in [0, 0.05) is 25.0 Å². The van der Waals surface area contributed by atoms with E-state index < -0.39 is 36.4 Å². The summed E-state index contributed by atoms with van der Waals surface area (Å²) >= 11 is 0. The number of aliphatic hydroxyl groups is 2. The molecule has 0 aromatic heterocycles. The van der Waals surface area contributed by atoms with E-state index in [9.17, 15) is 24.3 Å². The van der Waals surface area contributed by atoms with Gasteiger partial charge in [-0.05, 0) is 99.2 Å². The quantitative estimate of drug-likeness (QED) is 0.267. The molecule has 250 valence electrons. The number of hydrogen-bond donors (Lipinski definition) is 5. The average Bonchev–Trinajstić information content (AvgIpc) is 3.30. The van der Waals surface area contributed by atoms with Crippen LogP contribution in [0.1, 0.15) is 98.3 Å². The summed E-state index contributed by atoms with van der Waals surface area (Å²) in [5.41, 5.74) is -2.16. The summed E-state index contributed by atoms with van der Waals surface area (Å²) in [7, 11) is 0. The molecule has 0 aromatic carbocycles. The molecule has 10 atom stereocenters. The zero-order chi connectivity index (χ0) is 32.6. The van der Waals surface area contributed by atoms with Crippen molar-refractivity contribution in [3.8, 4) is 0 Å². The van der Waals surface area contributed by atoms with Gasteiger partial charge in [-0.1, -0.05) is 20.8 Å². The standard InChI is InChI=1S/C27H45NO3.C6H8O7/c1-5-19-16-28(12-13-31-19)24-15-27(4)18(14-25(24)30)6-7-20-22-9-8-21(17(2)29)26(22,3)11-10-23(20)27;7-3(8)1-6(13,5(11)12)2-4(9)10/h18-25,30H,5-16H2,1-4H3;13H,1-2H2,(H,7,8)(H,9,10)(H,11,12)/t18-,19-,20-,21+,22-,23-,24-,25-,26+,27-;/m0./s1. The molecular weight excluding hydrogens is 570 g/mol. The zero-order valence-corrected chi connectivity index (χ0v) is 26.7. The van der Waals surface area contributed by atoms with Gasteiger partial charge >= 0.3 is 17.9 Å². The molecular formula is C33H53NO10. The highest BCUT2D eigenvalue weighted by Crippen LogP contribution is 2.67. The van der Waals surface area contributed by atoms with Crippen molar-refractivity contribution in [3.05, 3.63) is 0 Å². The third kappa shape index (κ3) is 6.71. The van der Waals surface area contributed by atoms with Crippen molar-refractivity contribution in [1.82, 2.24) is 4.90 Å². The van der Waals surface area contributed by atoms with Crippen molar-refractivity contribution < 1.29 is 49.4 Å². The van der Waals surface area contributed by atoms with Gasteiger partial charge in [-0.3, -0.25) is 19.3 Å². The molecule has 0 aromatic rings. The fourth-order valence-electron chi connectivity index (χ4n) is 10.3. The van der Waals surface area contributed by atoms with Gasteiger partial charge in [0.05, 0.1) is 31.7 Å². The fraction of sp³-hybridized carbons (Fsp3) is 0.879. The Kier molecular flexibility index (Phi) is 10.5. The first-order chi connectivity index (χ1) is 20.6. The van der Waals surface area contributed by atoms with Gasteiger partial charge in [0.2, 0.25) is 0 Å². The van der Waals surface area contributed by atoms with Gasteiger partial charge in [0.1, 0.15) is 5.78 Å². The van der Waals surface area contributed by atoms with Crippen LogP contribution in [0.3, 0.4) is 0 Å². The number of ketones is 1. The molecule has 0 amide bonds. The number of fused-ring (bicyclic) bond motifs is 5. The molecule has 1 saturated heterocycles. The summed E-state index contributed by atoms with van der Waals surface area (Å²) in [5, 5.41) is 45.0. The number of nitrogens with zero attached hydrogens (tertiary/aromatic N) is 1. The normalized spacial score (nSPS) is 40.4. The van der Waals surface area contributed by atoms with E-state index in [0.717, 1.165) is 63.1 Å². The molecule has 0 unspecified atom stereocenters. The monoisotopic (exact) mass is 623 g/mol. The number of ether oxygens (including phenoxy) is 1. The topological polar surface area (TPSA) is 182 Å². The minimum Gasteiger partial charge on any atom is -0.481 e. The van der Waals surface area contributed by atoms with Crippen molar-refractivity contribution in [3.63, 3.8) is 0 Å². The van der Waals surface area contributed by atoms with E-state index in [2.05, 4.69) is 25.7 Å². The number of carbonyl (C=O) groups excluding carboxylic acids is 1. The Morgan fingerprint density at radius 1 is 0.932 bits per heavy atom. The van der Waals surface area contributed by atoms with E-state index in [4.69, 9.17) is 25.2 Å². The maximum Gasteiger partial charge on any atom is 0.336 e. The molecule has 5 rings (SSSR count). The van der Waals surface area contributed by atoms with Gasteiger partial charge in [0.25, 0.3) is 0 Å². The van der Waals surface area contributed by atoms with Crippen LogP contribution in [0.5, 0.6) is 0 Å². The molecule has 11 heteroatoms. The van der Waals surface area contributed by atoms with E-state index in [1.165, 1.54) is 32.1 Å². The van der Waals surface area contributed by atoms with Gasteiger partial charge in [0.15, 0.2) is 5.60 Å².